The van der Waals surface area contributed by atoms with Crippen molar-refractivity contribution in [1.82, 2.24) is 10.6 Å². The van der Waals surface area contributed by atoms with Crippen LogP contribution in [0.3, 0.4) is 0 Å². The van der Waals surface area contributed by atoms with Gasteiger partial charge in [0.25, 0.3) is 0 Å². The van der Waals surface area contributed by atoms with Crippen LogP contribution >= 0.6 is 0 Å². The minimum Gasteiger partial charge on any atom is -0.396 e. The van der Waals surface area contributed by atoms with Gasteiger partial charge in [-0.25, -0.2) is 4.79 Å². The Balaban J connectivity index is 2.14. The van der Waals surface area contributed by atoms with Gasteiger partial charge in [-0.2, -0.15) is 0 Å². The van der Waals surface area contributed by atoms with Crippen LogP contribution in [-0.4, -0.2) is 30.8 Å². The van der Waals surface area contributed by atoms with Crippen molar-refractivity contribution in [3.8, 4) is 0 Å². The number of aliphatic hydroxyl groups excluding tert-OH is 1. The summed E-state index contributed by atoms with van der Waals surface area (Å²) in [5.74, 6) is 0. The number of carbonyl (C=O) groups is 1. The number of aliphatic hydroxyl groups is 1. The molecule has 0 aliphatic heterocycles. The Morgan fingerprint density at radius 2 is 1.82 bits per heavy atom. The van der Waals surface area contributed by atoms with E-state index in [-0.39, 0.29) is 12.6 Å². The highest BCUT2D eigenvalue weighted by Crippen LogP contribution is 2.02. The Bertz CT molecular complexity index is 336. The van der Waals surface area contributed by atoms with Crippen LogP contribution in [0.4, 0.5) is 4.79 Å². The molecule has 2 amide bonds. The fraction of sp³-hybridized carbons (Fsp3) is 0.462. The summed E-state index contributed by atoms with van der Waals surface area (Å²) in [5.41, 5.74) is 2.45. The molecule has 0 aliphatic carbocycles. The molecular weight excluding hydrogens is 216 g/mol. The maximum atomic E-state index is 11.3. The highest BCUT2D eigenvalue weighted by atomic mass is 16.3. The second kappa shape index (κ2) is 7.68. The van der Waals surface area contributed by atoms with E-state index in [0.717, 1.165) is 6.42 Å². The Morgan fingerprint density at radius 1 is 1.18 bits per heavy atom. The van der Waals surface area contributed by atoms with Crippen LogP contribution in [-0.2, 0) is 6.42 Å². The van der Waals surface area contributed by atoms with Crippen LogP contribution in [0.2, 0.25) is 0 Å². The molecule has 0 unspecified atom stereocenters. The normalized spacial score (nSPS) is 10.0. The van der Waals surface area contributed by atoms with E-state index >= 15 is 0 Å². The highest BCUT2D eigenvalue weighted by Gasteiger charge is 1.98. The van der Waals surface area contributed by atoms with E-state index in [1.807, 2.05) is 0 Å². The van der Waals surface area contributed by atoms with E-state index in [1.54, 1.807) is 0 Å². The van der Waals surface area contributed by atoms with Crippen molar-refractivity contribution in [3.63, 3.8) is 0 Å². The van der Waals surface area contributed by atoms with Gasteiger partial charge in [0.2, 0.25) is 0 Å². The van der Waals surface area contributed by atoms with E-state index in [4.69, 9.17) is 5.11 Å². The van der Waals surface area contributed by atoms with E-state index in [9.17, 15) is 4.79 Å². The molecule has 0 saturated heterocycles. The number of hydrogen-bond acceptors (Lipinski definition) is 2. The van der Waals surface area contributed by atoms with E-state index in [2.05, 4.69) is 41.8 Å². The zero-order valence-electron chi connectivity index (χ0n) is 10.2. The van der Waals surface area contributed by atoms with Crippen molar-refractivity contribution >= 4 is 6.03 Å². The Morgan fingerprint density at radius 3 is 2.47 bits per heavy atom. The number of benzene rings is 1. The Labute approximate surface area is 102 Å². The van der Waals surface area contributed by atoms with Gasteiger partial charge in [0.05, 0.1) is 0 Å². The molecule has 0 aromatic heterocycles. The summed E-state index contributed by atoms with van der Waals surface area (Å²) in [6.07, 6.45) is 1.42. The molecule has 3 N–H and O–H groups in total. The third-order valence-corrected chi connectivity index (χ3v) is 2.44. The minimum atomic E-state index is -0.175. The first kappa shape index (κ1) is 13.5. The zero-order valence-corrected chi connectivity index (χ0v) is 10.2. The number of amides is 2. The van der Waals surface area contributed by atoms with Crippen molar-refractivity contribution < 1.29 is 9.90 Å². The van der Waals surface area contributed by atoms with Gasteiger partial charge in [0, 0.05) is 19.7 Å². The summed E-state index contributed by atoms with van der Waals surface area (Å²) in [4.78, 5) is 11.3. The fourth-order valence-electron chi connectivity index (χ4n) is 1.42. The lowest BCUT2D eigenvalue weighted by Gasteiger charge is -2.07. The van der Waals surface area contributed by atoms with Crippen LogP contribution in [0.25, 0.3) is 0 Å². The maximum Gasteiger partial charge on any atom is 0.314 e. The lowest BCUT2D eigenvalue weighted by atomic mass is 10.1. The van der Waals surface area contributed by atoms with Gasteiger partial charge < -0.3 is 15.7 Å². The van der Waals surface area contributed by atoms with Crippen molar-refractivity contribution in [1.29, 1.82) is 0 Å². The van der Waals surface area contributed by atoms with Crippen LogP contribution in [0.15, 0.2) is 24.3 Å². The molecule has 4 heteroatoms. The number of aryl methyl sites for hydroxylation is 1. The van der Waals surface area contributed by atoms with Crippen molar-refractivity contribution in [3.05, 3.63) is 35.4 Å². The lowest BCUT2D eigenvalue weighted by molar-refractivity contribution is 0.238. The quantitative estimate of drug-likeness (QED) is 0.650. The molecule has 0 spiro atoms. The number of hydrogen-bond donors (Lipinski definition) is 3. The smallest absolute Gasteiger partial charge is 0.314 e. The third kappa shape index (κ3) is 5.92. The van der Waals surface area contributed by atoms with Crippen molar-refractivity contribution in [2.24, 2.45) is 0 Å². The minimum absolute atomic E-state index is 0.101. The summed E-state index contributed by atoms with van der Waals surface area (Å²) in [5, 5.41) is 14.0. The second-order valence-corrected chi connectivity index (χ2v) is 4.00. The first-order valence-electron chi connectivity index (χ1n) is 5.90. The summed E-state index contributed by atoms with van der Waals surface area (Å²) in [6.45, 7) is 3.28. The molecule has 94 valence electrons. The second-order valence-electron chi connectivity index (χ2n) is 4.00. The largest absolute Gasteiger partial charge is 0.396 e. The molecule has 0 atom stereocenters. The van der Waals surface area contributed by atoms with Gasteiger partial charge in [0.1, 0.15) is 0 Å². The SMILES string of the molecule is Cc1ccc(CCNC(=O)NCCCO)cc1. The van der Waals surface area contributed by atoms with Gasteiger partial charge in [-0.05, 0) is 25.3 Å². The molecule has 0 aliphatic rings. The fourth-order valence-corrected chi connectivity index (χ4v) is 1.42. The van der Waals surface area contributed by atoms with Crippen molar-refractivity contribution in [2.45, 2.75) is 19.8 Å². The molecule has 4 nitrogen and oxygen atoms in total. The van der Waals surface area contributed by atoms with Gasteiger partial charge in [-0.15, -0.1) is 0 Å². The molecule has 1 aromatic rings. The van der Waals surface area contributed by atoms with Crippen LogP contribution in [0, 0.1) is 6.92 Å². The predicted octanol–water partition coefficient (Wildman–Crippen LogP) is 1.22. The van der Waals surface area contributed by atoms with Gasteiger partial charge in [-0.3, -0.25) is 0 Å². The van der Waals surface area contributed by atoms with Crippen LogP contribution < -0.4 is 10.6 Å². The van der Waals surface area contributed by atoms with E-state index in [0.29, 0.717) is 19.5 Å². The first-order valence-corrected chi connectivity index (χ1v) is 5.90. The molecular formula is C13H20N2O2. The molecule has 0 fully saturated rings. The van der Waals surface area contributed by atoms with Crippen LogP contribution in [0.1, 0.15) is 17.5 Å². The van der Waals surface area contributed by atoms with Gasteiger partial charge >= 0.3 is 6.03 Å². The zero-order chi connectivity index (χ0) is 12.5. The van der Waals surface area contributed by atoms with Crippen molar-refractivity contribution in [2.75, 3.05) is 19.7 Å². The summed E-state index contributed by atoms with van der Waals surface area (Å²) < 4.78 is 0. The van der Waals surface area contributed by atoms with Gasteiger partial charge in [0.15, 0.2) is 0 Å². The Kier molecular flexibility index (Phi) is 6.10. The predicted molar refractivity (Wildman–Crippen MR) is 68.0 cm³/mol. The molecule has 17 heavy (non-hydrogen) atoms. The highest BCUT2D eigenvalue weighted by molar-refractivity contribution is 5.73. The summed E-state index contributed by atoms with van der Waals surface area (Å²) >= 11 is 0. The first-order chi connectivity index (χ1) is 8.22. The molecule has 0 saturated carbocycles. The summed E-state index contributed by atoms with van der Waals surface area (Å²) in [7, 11) is 0. The monoisotopic (exact) mass is 236 g/mol. The van der Waals surface area contributed by atoms with Crippen LogP contribution in [0.5, 0.6) is 0 Å². The summed E-state index contributed by atoms with van der Waals surface area (Å²) in [6, 6.07) is 8.10. The number of rotatable bonds is 6. The third-order valence-electron chi connectivity index (χ3n) is 2.44. The molecule has 1 rings (SSSR count). The van der Waals surface area contributed by atoms with Gasteiger partial charge in [-0.1, -0.05) is 29.8 Å². The number of urea groups is 1. The lowest BCUT2D eigenvalue weighted by Crippen LogP contribution is -2.37. The number of carbonyl (C=O) groups excluding carboxylic acids is 1. The molecule has 0 heterocycles. The average molecular weight is 236 g/mol. The average Bonchev–Trinajstić information content (AvgIpc) is 2.32. The standard InChI is InChI=1S/C13H20N2O2/c1-11-3-5-12(6-4-11)7-9-15-13(17)14-8-2-10-16/h3-6,16H,2,7-10H2,1H3,(H2,14,15,17). The number of nitrogens with one attached hydrogen (secondary N) is 2. The molecule has 0 bridgehead atoms. The molecule has 0 radical (unpaired) electrons. The Hall–Kier alpha value is -1.55. The topological polar surface area (TPSA) is 61.4 Å². The van der Waals surface area contributed by atoms with E-state index in [1.165, 1.54) is 11.1 Å². The maximum absolute atomic E-state index is 11.3. The van der Waals surface area contributed by atoms with E-state index < -0.39 is 0 Å². The molecule has 1 aromatic carbocycles.